The predicted octanol–water partition coefficient (Wildman–Crippen LogP) is 5.27. The fourth-order valence-electron chi connectivity index (χ4n) is 2.45. The minimum absolute atomic E-state index is 0.0789. The van der Waals surface area contributed by atoms with Crippen molar-refractivity contribution in [3.8, 4) is 5.75 Å². The zero-order valence-corrected chi connectivity index (χ0v) is 12.5. The monoisotopic (exact) mass is 328 g/mol. The van der Waals surface area contributed by atoms with E-state index in [1.54, 1.807) is 6.07 Å². The van der Waals surface area contributed by atoms with Crippen LogP contribution < -0.4 is 4.74 Å². The van der Waals surface area contributed by atoms with E-state index in [-0.39, 0.29) is 10.6 Å². The van der Waals surface area contributed by atoms with Crippen molar-refractivity contribution in [2.24, 2.45) is 0 Å². The lowest BCUT2D eigenvalue weighted by Crippen LogP contribution is -2.09. The van der Waals surface area contributed by atoms with E-state index in [9.17, 15) is 8.78 Å². The maximum atomic E-state index is 13.9. The van der Waals surface area contributed by atoms with Crippen LogP contribution in [0.15, 0.2) is 30.3 Å². The van der Waals surface area contributed by atoms with Crippen molar-refractivity contribution in [2.75, 3.05) is 6.61 Å². The van der Waals surface area contributed by atoms with Crippen molar-refractivity contribution in [2.45, 2.75) is 18.2 Å². The average molecular weight is 329 g/mol. The Morgan fingerprint density at radius 3 is 2.71 bits per heavy atom. The molecule has 0 amide bonds. The summed E-state index contributed by atoms with van der Waals surface area (Å²) in [4.78, 5) is 0. The summed E-state index contributed by atoms with van der Waals surface area (Å²) in [7, 11) is 0. The molecule has 1 unspecified atom stereocenters. The first-order valence-electron chi connectivity index (χ1n) is 6.60. The molecule has 2 aromatic carbocycles. The van der Waals surface area contributed by atoms with E-state index >= 15 is 0 Å². The van der Waals surface area contributed by atoms with E-state index in [0.29, 0.717) is 12.2 Å². The summed E-state index contributed by atoms with van der Waals surface area (Å²) in [6.45, 7) is 0.702. The molecule has 0 saturated heterocycles. The molecule has 1 aliphatic rings. The number of alkyl halides is 1. The lowest BCUT2D eigenvalue weighted by molar-refractivity contribution is 0.288. The molecule has 0 saturated carbocycles. The first kappa shape index (κ1) is 14.6. The zero-order valence-electron chi connectivity index (χ0n) is 11.0. The SMILES string of the molecule is Fc1cc(C(Cl)c2ccc3c(c2)CCCO3)c(F)cc1Cl. The van der Waals surface area contributed by atoms with Gasteiger partial charge >= 0.3 is 0 Å². The van der Waals surface area contributed by atoms with Gasteiger partial charge in [-0.25, -0.2) is 8.78 Å². The minimum atomic E-state index is -0.774. The fraction of sp³-hybridized carbons (Fsp3) is 0.250. The smallest absolute Gasteiger partial charge is 0.142 e. The summed E-state index contributed by atoms with van der Waals surface area (Å²) >= 11 is 11.9. The Hall–Kier alpha value is -1.32. The van der Waals surface area contributed by atoms with Gasteiger partial charge in [-0.05, 0) is 42.2 Å². The standard InChI is InChI=1S/C16H12Cl2F2O/c17-12-8-13(19)11(7-14(12)20)16(18)10-3-4-15-9(6-10)2-1-5-21-15/h3-4,6-8,16H,1-2,5H2. The third kappa shape index (κ3) is 2.85. The zero-order chi connectivity index (χ0) is 15.0. The molecule has 21 heavy (non-hydrogen) atoms. The number of ether oxygens (including phenoxy) is 1. The molecule has 1 nitrogen and oxygen atoms in total. The number of halogens is 4. The van der Waals surface area contributed by atoms with Gasteiger partial charge in [-0.3, -0.25) is 0 Å². The third-order valence-corrected chi connectivity index (χ3v) is 4.31. The molecule has 1 heterocycles. The first-order chi connectivity index (χ1) is 10.1. The first-order valence-corrected chi connectivity index (χ1v) is 7.42. The molecule has 0 N–H and O–H groups in total. The Morgan fingerprint density at radius 1 is 1.10 bits per heavy atom. The summed E-state index contributed by atoms with van der Waals surface area (Å²) in [5, 5.41) is -1.03. The van der Waals surface area contributed by atoms with Gasteiger partial charge in [0, 0.05) is 5.56 Å². The van der Waals surface area contributed by atoms with Gasteiger partial charge in [-0.1, -0.05) is 23.7 Å². The highest BCUT2D eigenvalue weighted by molar-refractivity contribution is 6.30. The Balaban J connectivity index is 1.98. The lowest BCUT2D eigenvalue weighted by atomic mass is 9.98. The Morgan fingerprint density at radius 2 is 1.90 bits per heavy atom. The van der Waals surface area contributed by atoms with Gasteiger partial charge in [0.25, 0.3) is 0 Å². The van der Waals surface area contributed by atoms with Crippen LogP contribution >= 0.6 is 23.2 Å². The molecule has 0 fully saturated rings. The van der Waals surface area contributed by atoms with E-state index in [1.807, 2.05) is 12.1 Å². The Labute approximate surface area is 131 Å². The van der Waals surface area contributed by atoms with Crippen LogP contribution in [0.3, 0.4) is 0 Å². The fourth-order valence-corrected chi connectivity index (χ4v) is 2.90. The van der Waals surface area contributed by atoms with Gasteiger partial charge in [0.2, 0.25) is 0 Å². The summed E-state index contributed by atoms with van der Waals surface area (Å²) in [5.74, 6) is -0.466. The van der Waals surface area contributed by atoms with Crippen molar-refractivity contribution in [1.82, 2.24) is 0 Å². The number of hydrogen-bond donors (Lipinski definition) is 0. The second kappa shape index (κ2) is 5.82. The molecule has 2 aromatic rings. The quantitative estimate of drug-likeness (QED) is 0.539. The average Bonchev–Trinajstić information content (AvgIpc) is 2.50. The summed E-state index contributed by atoms with van der Waals surface area (Å²) in [5.41, 5.74) is 1.83. The van der Waals surface area contributed by atoms with Crippen LogP contribution in [0.5, 0.6) is 5.75 Å². The second-order valence-corrected chi connectivity index (χ2v) is 5.81. The molecular formula is C16H12Cl2F2O. The van der Waals surface area contributed by atoms with Gasteiger partial charge in [0.1, 0.15) is 17.4 Å². The number of aryl methyl sites for hydroxylation is 1. The highest BCUT2D eigenvalue weighted by Gasteiger charge is 2.20. The molecule has 5 heteroatoms. The van der Waals surface area contributed by atoms with Crippen molar-refractivity contribution in [3.05, 3.63) is 63.7 Å². The topological polar surface area (TPSA) is 9.23 Å². The van der Waals surface area contributed by atoms with Crippen LogP contribution in [0.4, 0.5) is 8.78 Å². The summed E-state index contributed by atoms with van der Waals surface area (Å²) < 4.78 is 33.0. The van der Waals surface area contributed by atoms with Crippen molar-refractivity contribution in [1.29, 1.82) is 0 Å². The minimum Gasteiger partial charge on any atom is -0.493 e. The highest BCUT2D eigenvalue weighted by atomic mass is 35.5. The number of hydrogen-bond acceptors (Lipinski definition) is 1. The molecule has 1 atom stereocenters. The van der Waals surface area contributed by atoms with Gasteiger partial charge < -0.3 is 4.74 Å². The van der Waals surface area contributed by atoms with Crippen LogP contribution in [0.1, 0.15) is 28.5 Å². The van der Waals surface area contributed by atoms with Gasteiger partial charge in [0.15, 0.2) is 0 Å². The molecule has 0 radical (unpaired) electrons. The largest absolute Gasteiger partial charge is 0.493 e. The van der Waals surface area contributed by atoms with Crippen LogP contribution in [-0.2, 0) is 6.42 Å². The van der Waals surface area contributed by atoms with Gasteiger partial charge in [0.05, 0.1) is 17.0 Å². The third-order valence-electron chi connectivity index (χ3n) is 3.54. The van der Waals surface area contributed by atoms with E-state index in [4.69, 9.17) is 27.9 Å². The molecule has 1 aliphatic heterocycles. The molecule has 110 valence electrons. The van der Waals surface area contributed by atoms with Gasteiger partial charge in [-0.15, -0.1) is 11.6 Å². The lowest BCUT2D eigenvalue weighted by Gasteiger charge is -2.19. The Kier molecular flexibility index (Phi) is 4.05. The number of fused-ring (bicyclic) bond motifs is 1. The molecule has 0 spiro atoms. The van der Waals surface area contributed by atoms with Gasteiger partial charge in [-0.2, -0.15) is 0 Å². The maximum absolute atomic E-state index is 13.9. The Bertz CT molecular complexity index is 688. The van der Waals surface area contributed by atoms with Crippen LogP contribution in [0.2, 0.25) is 5.02 Å². The van der Waals surface area contributed by atoms with E-state index in [1.165, 1.54) is 0 Å². The molecule has 0 aliphatic carbocycles. The second-order valence-electron chi connectivity index (χ2n) is 4.97. The van der Waals surface area contributed by atoms with E-state index in [2.05, 4.69) is 0 Å². The van der Waals surface area contributed by atoms with Crippen molar-refractivity contribution >= 4 is 23.2 Å². The number of rotatable bonds is 2. The molecule has 3 rings (SSSR count). The maximum Gasteiger partial charge on any atom is 0.142 e. The van der Waals surface area contributed by atoms with E-state index < -0.39 is 17.0 Å². The molecule has 0 bridgehead atoms. The highest BCUT2D eigenvalue weighted by Crippen LogP contribution is 2.36. The van der Waals surface area contributed by atoms with Crippen LogP contribution in [0.25, 0.3) is 0 Å². The number of benzene rings is 2. The summed E-state index contributed by atoms with van der Waals surface area (Å²) in [6.07, 6.45) is 1.83. The van der Waals surface area contributed by atoms with Crippen molar-refractivity contribution < 1.29 is 13.5 Å². The molecule has 0 aromatic heterocycles. The van der Waals surface area contributed by atoms with E-state index in [0.717, 1.165) is 36.3 Å². The van der Waals surface area contributed by atoms with Crippen LogP contribution in [-0.4, -0.2) is 6.61 Å². The van der Waals surface area contributed by atoms with Crippen molar-refractivity contribution in [3.63, 3.8) is 0 Å². The normalized spacial score (nSPS) is 15.2. The summed E-state index contributed by atoms with van der Waals surface area (Å²) in [6, 6.07) is 7.48. The predicted molar refractivity (Wildman–Crippen MR) is 79.3 cm³/mol. The van der Waals surface area contributed by atoms with Crippen LogP contribution in [0, 0.1) is 11.6 Å². The molecular weight excluding hydrogens is 317 g/mol.